The number of aromatic nitrogens is 4. The quantitative estimate of drug-likeness (QED) is 0.0345. The first-order valence-electron chi connectivity index (χ1n) is 23.1. The van der Waals surface area contributed by atoms with Crippen LogP contribution in [0, 0.1) is 44.9 Å². The first-order valence-corrected chi connectivity index (χ1v) is 25.2. The van der Waals surface area contributed by atoms with E-state index in [2.05, 4.69) is 46.6 Å². The van der Waals surface area contributed by atoms with Crippen molar-refractivity contribution in [1.82, 2.24) is 35.3 Å². The van der Waals surface area contributed by atoms with Crippen molar-refractivity contribution in [3.8, 4) is 15.4 Å². The Hall–Kier alpha value is -5.33. The molecule has 4 heterocycles. The molecular weight excluding hydrogens is 924 g/mol. The Labute approximate surface area is 412 Å². The third kappa shape index (κ3) is 15.1. The molecule has 6 rings (SSSR count). The molecule has 0 bridgehead atoms. The summed E-state index contributed by atoms with van der Waals surface area (Å²) in [5.41, 5.74) is 7.73. The van der Waals surface area contributed by atoms with Gasteiger partial charge in [-0.1, -0.05) is 75.7 Å². The van der Waals surface area contributed by atoms with Crippen LogP contribution in [0.25, 0.3) is 15.4 Å². The summed E-state index contributed by atoms with van der Waals surface area (Å²) in [7, 11) is 0. The lowest BCUT2D eigenvalue weighted by Crippen LogP contribution is -2.49. The largest absolute Gasteiger partial charge is 0.463 e. The fourth-order valence-corrected chi connectivity index (χ4v) is 9.58. The van der Waals surface area contributed by atoms with Crippen LogP contribution in [0.3, 0.4) is 0 Å². The van der Waals surface area contributed by atoms with Gasteiger partial charge in [0.2, 0.25) is 17.7 Å². The van der Waals surface area contributed by atoms with Gasteiger partial charge in [0.1, 0.15) is 35.9 Å². The highest BCUT2D eigenvalue weighted by Gasteiger charge is 2.34. The standard InChI is InChI=1S/C46H55ClN8O7S2.C4H10/c1-6-33(23-38-53-52-31(5)55(38)45-41(28(2)30(4)64-45)42(48)34-14-16-36(47)17-15-34)46(59)62-22-21-60-19-8-20-61-26-39(56)49-25-40(57)54-18-7-9-37(54)44(58)50-24-32-10-12-35(13-11-32)43-29(3)51-27-63-43;1-4(2)3/h10-17,27,33,37,48H,6-9,18-26H2,1-5H3,(H,49,56)(H,50,58);4H,1-3H3/t33-,37?;/m1./s1. The minimum Gasteiger partial charge on any atom is -0.463 e. The fourth-order valence-electron chi connectivity index (χ4n) is 7.41. The first-order chi connectivity index (χ1) is 32.6. The average molecular weight is 990 g/mol. The number of hydrogen-bond acceptors (Lipinski definition) is 13. The summed E-state index contributed by atoms with van der Waals surface area (Å²) in [5.74, 6) is 0.307. The van der Waals surface area contributed by atoms with Crippen molar-refractivity contribution < 1.29 is 33.4 Å². The number of rotatable bonds is 22. The molecule has 1 unspecified atom stereocenters. The molecule has 3 amide bonds. The van der Waals surface area contributed by atoms with E-state index in [0.29, 0.717) is 74.2 Å². The number of esters is 1. The summed E-state index contributed by atoms with van der Waals surface area (Å²) in [6.45, 7) is 17.5. The predicted octanol–water partition coefficient (Wildman–Crippen LogP) is 8.38. The van der Waals surface area contributed by atoms with Crippen LogP contribution in [-0.2, 0) is 46.4 Å². The van der Waals surface area contributed by atoms with E-state index >= 15 is 0 Å². The number of nitrogens with one attached hydrogen (secondary N) is 3. The Morgan fingerprint density at radius 1 is 0.926 bits per heavy atom. The van der Waals surface area contributed by atoms with Crippen LogP contribution in [0.4, 0.5) is 0 Å². The summed E-state index contributed by atoms with van der Waals surface area (Å²) in [6.07, 6.45) is 2.61. The van der Waals surface area contributed by atoms with Gasteiger partial charge in [-0.15, -0.1) is 32.9 Å². The molecule has 1 saturated heterocycles. The first kappa shape index (κ1) is 53.6. The van der Waals surface area contributed by atoms with Gasteiger partial charge in [-0.2, -0.15) is 0 Å². The second kappa shape index (κ2) is 26.4. The van der Waals surface area contributed by atoms with E-state index in [1.54, 1.807) is 34.8 Å². The van der Waals surface area contributed by atoms with E-state index in [4.69, 9.17) is 31.2 Å². The molecule has 0 radical (unpaired) electrons. The monoisotopic (exact) mass is 988 g/mol. The molecule has 0 spiro atoms. The number of halogens is 1. The topological polar surface area (TPSA) is 191 Å². The van der Waals surface area contributed by atoms with Gasteiger partial charge in [0.25, 0.3) is 0 Å². The predicted molar refractivity (Wildman–Crippen MR) is 268 cm³/mol. The molecule has 5 aromatic rings. The molecule has 1 fully saturated rings. The third-order valence-electron chi connectivity index (χ3n) is 11.1. The third-order valence-corrected chi connectivity index (χ3v) is 13.5. The molecule has 1 aliphatic rings. The van der Waals surface area contributed by atoms with Gasteiger partial charge in [-0.3, -0.25) is 29.2 Å². The van der Waals surface area contributed by atoms with Gasteiger partial charge >= 0.3 is 5.97 Å². The molecule has 68 heavy (non-hydrogen) atoms. The highest BCUT2D eigenvalue weighted by molar-refractivity contribution is 7.15. The summed E-state index contributed by atoms with van der Waals surface area (Å²) in [6, 6.07) is 14.6. The smallest absolute Gasteiger partial charge is 0.309 e. The SMILES string of the molecule is CC(C)C.CC[C@H](Cc1nnc(C)n1-c1sc(C)c(C)c1C(=N)c1ccc(Cl)cc1)C(=O)OCCOCCCOCC(=O)NCC(=O)N1CCCC1C(=O)NCc1ccc(-c2scnc2C)cc1. The van der Waals surface area contributed by atoms with Crippen molar-refractivity contribution in [1.29, 1.82) is 5.41 Å². The lowest BCUT2D eigenvalue weighted by atomic mass is 9.99. The average Bonchev–Trinajstić information content (AvgIpc) is 4.12. The Balaban J connectivity index is 0.00000208. The Bertz CT molecular complexity index is 2460. The van der Waals surface area contributed by atoms with Crippen LogP contribution in [-0.4, -0.2) is 106 Å². The Kier molecular flexibility index (Phi) is 20.8. The maximum absolute atomic E-state index is 13.2. The number of aryl methyl sites for hydroxylation is 3. The number of nitrogens with zero attached hydrogens (tertiary/aromatic N) is 5. The maximum Gasteiger partial charge on any atom is 0.309 e. The molecule has 2 aromatic carbocycles. The van der Waals surface area contributed by atoms with E-state index in [1.165, 1.54) is 4.90 Å². The lowest BCUT2D eigenvalue weighted by Gasteiger charge is -2.24. The molecule has 2 atom stereocenters. The van der Waals surface area contributed by atoms with E-state index in [1.807, 2.05) is 81.1 Å². The van der Waals surface area contributed by atoms with E-state index < -0.39 is 17.9 Å². The zero-order chi connectivity index (χ0) is 49.3. The number of thiazole rings is 1. The van der Waals surface area contributed by atoms with Crippen LogP contribution in [0.1, 0.15) is 97.9 Å². The lowest BCUT2D eigenvalue weighted by molar-refractivity contribution is -0.150. The number of hydrogen-bond donors (Lipinski definition) is 3. The normalized spacial score (nSPS) is 13.8. The fraction of sp³-hybridized carbons (Fsp3) is 0.480. The number of carbonyl (C=O) groups is 4. The van der Waals surface area contributed by atoms with Gasteiger partial charge in [0.05, 0.1) is 40.9 Å². The van der Waals surface area contributed by atoms with Crippen molar-refractivity contribution in [3.63, 3.8) is 0 Å². The van der Waals surface area contributed by atoms with Crippen LogP contribution in [0.15, 0.2) is 54.0 Å². The maximum atomic E-state index is 13.2. The van der Waals surface area contributed by atoms with Crippen LogP contribution in [0.5, 0.6) is 0 Å². The second-order valence-electron chi connectivity index (χ2n) is 17.3. The zero-order valence-electron chi connectivity index (χ0n) is 40.4. The highest BCUT2D eigenvalue weighted by Crippen LogP contribution is 2.35. The molecule has 15 nitrogen and oxygen atoms in total. The van der Waals surface area contributed by atoms with Crippen LogP contribution >= 0.6 is 34.3 Å². The zero-order valence-corrected chi connectivity index (χ0v) is 42.8. The number of benzene rings is 2. The minimum atomic E-state index is -0.585. The summed E-state index contributed by atoms with van der Waals surface area (Å²) >= 11 is 9.26. The molecule has 366 valence electrons. The summed E-state index contributed by atoms with van der Waals surface area (Å²) < 4.78 is 18.6. The molecule has 0 saturated carbocycles. The van der Waals surface area contributed by atoms with Crippen molar-refractivity contribution >= 4 is 63.7 Å². The van der Waals surface area contributed by atoms with Crippen molar-refractivity contribution in [3.05, 3.63) is 104 Å². The highest BCUT2D eigenvalue weighted by atomic mass is 35.5. The molecule has 3 aromatic heterocycles. The number of amides is 3. The molecule has 18 heteroatoms. The second-order valence-corrected chi connectivity index (χ2v) is 19.8. The molecule has 0 aliphatic carbocycles. The molecular formula is C50H65ClN8O7S2. The number of likely N-dealkylation sites (tertiary alicyclic amines) is 1. The van der Waals surface area contributed by atoms with E-state index in [-0.39, 0.29) is 50.8 Å². The van der Waals surface area contributed by atoms with Gasteiger partial charge in [0.15, 0.2) is 0 Å². The van der Waals surface area contributed by atoms with Crippen LogP contribution < -0.4 is 10.6 Å². The number of ether oxygens (including phenoxy) is 3. The van der Waals surface area contributed by atoms with Crippen molar-refractivity contribution in [2.24, 2.45) is 11.8 Å². The summed E-state index contributed by atoms with van der Waals surface area (Å²) in [4.78, 5) is 59.6. The Morgan fingerprint density at radius 3 is 2.31 bits per heavy atom. The number of carbonyl (C=O) groups excluding carboxylic acids is 4. The van der Waals surface area contributed by atoms with Gasteiger partial charge in [-0.25, -0.2) is 4.98 Å². The minimum absolute atomic E-state index is 0.0751. The van der Waals surface area contributed by atoms with Gasteiger partial charge in [0, 0.05) is 53.8 Å². The van der Waals surface area contributed by atoms with E-state index in [9.17, 15) is 19.2 Å². The summed E-state index contributed by atoms with van der Waals surface area (Å²) in [5, 5.41) is 24.9. The van der Waals surface area contributed by atoms with Gasteiger partial charge < -0.3 is 29.7 Å². The van der Waals surface area contributed by atoms with Crippen LogP contribution in [0.2, 0.25) is 5.02 Å². The Morgan fingerprint density at radius 2 is 1.63 bits per heavy atom. The van der Waals surface area contributed by atoms with Crippen molar-refractivity contribution in [2.75, 3.05) is 46.1 Å². The van der Waals surface area contributed by atoms with E-state index in [0.717, 1.165) is 54.2 Å². The number of thiophene rings is 1. The molecule has 1 aliphatic heterocycles. The van der Waals surface area contributed by atoms with Crippen molar-refractivity contribution in [2.45, 2.75) is 100 Å². The van der Waals surface area contributed by atoms with Gasteiger partial charge in [-0.05, 0) is 88.1 Å². The molecule has 3 N–H and O–H groups in total.